The average Bonchev–Trinajstić information content (AvgIpc) is 2.68. The number of rotatable bonds is 5. The molecule has 0 amide bonds. The highest BCUT2D eigenvalue weighted by atomic mass is 19.1. The summed E-state index contributed by atoms with van der Waals surface area (Å²) in [6, 6.07) is 3.36. The third-order valence-corrected chi connectivity index (χ3v) is 3.18. The summed E-state index contributed by atoms with van der Waals surface area (Å²) in [6.07, 6.45) is 2.82. The molecule has 3 nitrogen and oxygen atoms in total. The SMILES string of the molecule is CCCNC(c1cc(F)cc(F)c1)c1cn(C)nc1C. The molecule has 0 saturated heterocycles. The van der Waals surface area contributed by atoms with Crippen LogP contribution >= 0.6 is 0 Å². The predicted molar refractivity (Wildman–Crippen MR) is 74.4 cm³/mol. The van der Waals surface area contributed by atoms with Crippen molar-refractivity contribution in [2.24, 2.45) is 7.05 Å². The zero-order valence-corrected chi connectivity index (χ0v) is 12.0. The number of halogens is 2. The first-order chi connectivity index (χ1) is 9.51. The van der Waals surface area contributed by atoms with Crippen LogP contribution < -0.4 is 5.32 Å². The fourth-order valence-electron chi connectivity index (χ4n) is 2.34. The zero-order chi connectivity index (χ0) is 14.7. The highest BCUT2D eigenvalue weighted by molar-refractivity contribution is 5.33. The molecule has 0 saturated carbocycles. The van der Waals surface area contributed by atoms with Gasteiger partial charge in [0, 0.05) is 24.9 Å². The van der Waals surface area contributed by atoms with Crippen molar-refractivity contribution in [1.82, 2.24) is 15.1 Å². The second kappa shape index (κ2) is 6.13. The molecule has 1 heterocycles. The molecule has 0 fully saturated rings. The van der Waals surface area contributed by atoms with Crippen molar-refractivity contribution in [2.75, 3.05) is 6.54 Å². The molecule has 0 aliphatic heterocycles. The van der Waals surface area contributed by atoms with Crippen LogP contribution in [0, 0.1) is 18.6 Å². The van der Waals surface area contributed by atoms with Crippen LogP contribution in [0.2, 0.25) is 0 Å². The molecule has 0 radical (unpaired) electrons. The van der Waals surface area contributed by atoms with Crippen molar-refractivity contribution in [3.05, 3.63) is 52.9 Å². The Bertz CT molecular complexity index is 573. The molecule has 1 N–H and O–H groups in total. The lowest BCUT2D eigenvalue weighted by atomic mass is 9.99. The molecular weight excluding hydrogens is 260 g/mol. The van der Waals surface area contributed by atoms with E-state index >= 15 is 0 Å². The molecule has 2 rings (SSSR count). The Morgan fingerprint density at radius 3 is 2.40 bits per heavy atom. The lowest BCUT2D eigenvalue weighted by Crippen LogP contribution is -2.23. The van der Waals surface area contributed by atoms with E-state index in [1.165, 1.54) is 12.1 Å². The van der Waals surface area contributed by atoms with Crippen LogP contribution in [0.25, 0.3) is 0 Å². The van der Waals surface area contributed by atoms with Gasteiger partial charge in [-0.1, -0.05) is 6.92 Å². The number of aromatic nitrogens is 2. The van der Waals surface area contributed by atoms with Gasteiger partial charge in [0.05, 0.1) is 11.7 Å². The lowest BCUT2D eigenvalue weighted by molar-refractivity contribution is 0.557. The molecule has 1 aromatic heterocycles. The van der Waals surface area contributed by atoms with Gasteiger partial charge in [0.15, 0.2) is 0 Å². The van der Waals surface area contributed by atoms with Crippen LogP contribution in [0.4, 0.5) is 8.78 Å². The first kappa shape index (κ1) is 14.7. The minimum Gasteiger partial charge on any atom is -0.306 e. The Morgan fingerprint density at radius 1 is 1.25 bits per heavy atom. The molecule has 1 atom stereocenters. The second-order valence-corrected chi connectivity index (χ2v) is 4.93. The number of aryl methyl sites for hydroxylation is 2. The summed E-state index contributed by atoms with van der Waals surface area (Å²) < 4.78 is 28.6. The quantitative estimate of drug-likeness (QED) is 0.911. The summed E-state index contributed by atoms with van der Waals surface area (Å²) in [6.45, 7) is 4.70. The molecule has 0 aliphatic rings. The van der Waals surface area contributed by atoms with Crippen LogP contribution in [0.5, 0.6) is 0 Å². The molecule has 0 aliphatic carbocycles. The van der Waals surface area contributed by atoms with Crippen molar-refractivity contribution < 1.29 is 8.78 Å². The van der Waals surface area contributed by atoms with E-state index in [-0.39, 0.29) is 6.04 Å². The molecule has 1 unspecified atom stereocenters. The zero-order valence-electron chi connectivity index (χ0n) is 12.0. The fraction of sp³-hybridized carbons (Fsp3) is 0.400. The normalized spacial score (nSPS) is 12.7. The summed E-state index contributed by atoms with van der Waals surface area (Å²) >= 11 is 0. The summed E-state index contributed by atoms with van der Waals surface area (Å²) in [7, 11) is 1.83. The summed E-state index contributed by atoms with van der Waals surface area (Å²) in [4.78, 5) is 0. The Labute approximate surface area is 117 Å². The topological polar surface area (TPSA) is 29.9 Å². The minimum absolute atomic E-state index is 0.256. The van der Waals surface area contributed by atoms with Crippen molar-refractivity contribution in [2.45, 2.75) is 26.3 Å². The lowest BCUT2D eigenvalue weighted by Gasteiger charge is -2.19. The van der Waals surface area contributed by atoms with Gasteiger partial charge in [-0.05, 0) is 37.6 Å². The Hall–Kier alpha value is -1.75. The molecule has 2 aromatic rings. The number of nitrogens with one attached hydrogen (secondary N) is 1. The van der Waals surface area contributed by atoms with Gasteiger partial charge >= 0.3 is 0 Å². The summed E-state index contributed by atoms with van der Waals surface area (Å²) in [5.41, 5.74) is 2.36. The van der Waals surface area contributed by atoms with Gasteiger partial charge in [0.25, 0.3) is 0 Å². The number of hydrogen-bond donors (Lipinski definition) is 1. The number of hydrogen-bond acceptors (Lipinski definition) is 2. The Balaban J connectivity index is 2.43. The number of benzene rings is 1. The monoisotopic (exact) mass is 279 g/mol. The van der Waals surface area contributed by atoms with Crippen LogP contribution in [0.15, 0.2) is 24.4 Å². The van der Waals surface area contributed by atoms with Gasteiger partial charge in [0.2, 0.25) is 0 Å². The maximum atomic E-state index is 13.4. The first-order valence-corrected chi connectivity index (χ1v) is 6.70. The summed E-state index contributed by atoms with van der Waals surface area (Å²) in [5, 5.41) is 7.62. The maximum Gasteiger partial charge on any atom is 0.126 e. The van der Waals surface area contributed by atoms with Crippen LogP contribution in [0.3, 0.4) is 0 Å². The van der Waals surface area contributed by atoms with Crippen LogP contribution in [-0.4, -0.2) is 16.3 Å². The molecular formula is C15H19F2N3. The van der Waals surface area contributed by atoms with E-state index in [4.69, 9.17) is 0 Å². The third kappa shape index (κ3) is 3.22. The van der Waals surface area contributed by atoms with E-state index in [0.717, 1.165) is 30.3 Å². The van der Waals surface area contributed by atoms with E-state index in [0.29, 0.717) is 5.56 Å². The maximum absolute atomic E-state index is 13.4. The van der Waals surface area contributed by atoms with Gasteiger partial charge in [-0.15, -0.1) is 0 Å². The second-order valence-electron chi connectivity index (χ2n) is 4.93. The molecule has 5 heteroatoms. The molecule has 108 valence electrons. The Kier molecular flexibility index (Phi) is 4.49. The molecule has 0 bridgehead atoms. The molecule has 1 aromatic carbocycles. The van der Waals surface area contributed by atoms with E-state index in [1.54, 1.807) is 4.68 Å². The predicted octanol–water partition coefficient (Wildman–Crippen LogP) is 3.10. The third-order valence-electron chi connectivity index (χ3n) is 3.18. The van der Waals surface area contributed by atoms with Gasteiger partial charge in [-0.25, -0.2) is 8.78 Å². The van der Waals surface area contributed by atoms with Gasteiger partial charge < -0.3 is 5.32 Å². The smallest absolute Gasteiger partial charge is 0.126 e. The average molecular weight is 279 g/mol. The van der Waals surface area contributed by atoms with Gasteiger partial charge in [0.1, 0.15) is 11.6 Å². The van der Waals surface area contributed by atoms with E-state index in [2.05, 4.69) is 10.4 Å². The van der Waals surface area contributed by atoms with E-state index in [1.807, 2.05) is 27.1 Å². The Morgan fingerprint density at radius 2 is 1.90 bits per heavy atom. The largest absolute Gasteiger partial charge is 0.306 e. The number of nitrogens with zero attached hydrogens (tertiary/aromatic N) is 2. The highest BCUT2D eigenvalue weighted by Crippen LogP contribution is 2.25. The fourth-order valence-corrected chi connectivity index (χ4v) is 2.34. The van der Waals surface area contributed by atoms with Crippen molar-refractivity contribution in [1.29, 1.82) is 0 Å². The van der Waals surface area contributed by atoms with Crippen molar-refractivity contribution >= 4 is 0 Å². The molecule has 20 heavy (non-hydrogen) atoms. The first-order valence-electron chi connectivity index (χ1n) is 6.70. The van der Waals surface area contributed by atoms with Gasteiger partial charge in [-0.2, -0.15) is 5.10 Å². The van der Waals surface area contributed by atoms with Crippen LogP contribution in [0.1, 0.15) is 36.2 Å². The van der Waals surface area contributed by atoms with E-state index in [9.17, 15) is 8.78 Å². The van der Waals surface area contributed by atoms with E-state index < -0.39 is 11.6 Å². The van der Waals surface area contributed by atoms with Crippen molar-refractivity contribution in [3.63, 3.8) is 0 Å². The molecule has 0 spiro atoms. The van der Waals surface area contributed by atoms with Crippen molar-refractivity contribution in [3.8, 4) is 0 Å². The minimum atomic E-state index is -0.565. The standard InChI is InChI=1S/C15H19F2N3/c1-4-5-18-15(14-9-20(3)19-10(14)2)11-6-12(16)8-13(17)7-11/h6-9,15,18H,4-5H2,1-3H3. The summed E-state index contributed by atoms with van der Waals surface area (Å²) in [5.74, 6) is -1.13. The van der Waals surface area contributed by atoms with Crippen LogP contribution in [-0.2, 0) is 7.05 Å². The highest BCUT2D eigenvalue weighted by Gasteiger charge is 2.19. The van der Waals surface area contributed by atoms with Gasteiger partial charge in [-0.3, -0.25) is 4.68 Å².